The predicted octanol–water partition coefficient (Wildman–Crippen LogP) is 3.51. The minimum atomic E-state index is 0.319. The summed E-state index contributed by atoms with van der Waals surface area (Å²) in [5.74, 6) is 0.657. The van der Waals surface area contributed by atoms with E-state index in [-0.39, 0.29) is 0 Å². The molecule has 0 aliphatic carbocycles. The summed E-state index contributed by atoms with van der Waals surface area (Å²) in [6, 6.07) is 0. The maximum atomic E-state index is 11.3. The van der Waals surface area contributed by atoms with Gasteiger partial charge in [0.1, 0.15) is 5.78 Å². The van der Waals surface area contributed by atoms with Crippen LogP contribution in [0.4, 0.5) is 0 Å². The van der Waals surface area contributed by atoms with Crippen LogP contribution >= 0.6 is 0 Å². The average molecular weight is 180 g/mol. The molecule has 0 amide bonds. The van der Waals surface area contributed by atoms with E-state index in [0.717, 1.165) is 6.42 Å². The van der Waals surface area contributed by atoms with E-state index in [1.165, 1.54) is 5.57 Å². The van der Waals surface area contributed by atoms with Gasteiger partial charge >= 0.3 is 0 Å². The van der Waals surface area contributed by atoms with Gasteiger partial charge in [-0.25, -0.2) is 0 Å². The molecular weight excluding hydrogens is 160 g/mol. The van der Waals surface area contributed by atoms with Crippen LogP contribution in [0.25, 0.3) is 0 Å². The van der Waals surface area contributed by atoms with E-state index in [2.05, 4.69) is 26.5 Å². The summed E-state index contributed by atoms with van der Waals surface area (Å²) in [4.78, 5) is 11.3. The third-order valence-electron chi connectivity index (χ3n) is 1.93. The highest BCUT2D eigenvalue weighted by Gasteiger charge is 2.04. The fraction of sp³-hybridized carbons (Fsp3) is 0.583. The zero-order valence-electron chi connectivity index (χ0n) is 8.97. The Morgan fingerprint density at radius 2 is 2.08 bits per heavy atom. The van der Waals surface area contributed by atoms with Gasteiger partial charge in [-0.1, -0.05) is 24.6 Å². The Morgan fingerprint density at radius 1 is 1.46 bits per heavy atom. The lowest BCUT2D eigenvalue weighted by molar-refractivity contribution is -0.119. The highest BCUT2D eigenvalue weighted by Crippen LogP contribution is 2.07. The lowest BCUT2D eigenvalue weighted by Gasteiger charge is -2.02. The first-order valence-electron chi connectivity index (χ1n) is 4.84. The zero-order chi connectivity index (χ0) is 10.3. The van der Waals surface area contributed by atoms with Gasteiger partial charge in [0.25, 0.3) is 0 Å². The summed E-state index contributed by atoms with van der Waals surface area (Å²) in [6.45, 7) is 9.78. The van der Waals surface area contributed by atoms with Gasteiger partial charge in [0.05, 0.1) is 0 Å². The van der Waals surface area contributed by atoms with E-state index in [1.54, 1.807) is 0 Å². The Balaban J connectivity index is 3.63. The summed E-state index contributed by atoms with van der Waals surface area (Å²) in [5, 5.41) is 0. The SMILES string of the molecule is C=CC(C)CC(=O)CCC=C(C)C. The highest BCUT2D eigenvalue weighted by atomic mass is 16.1. The number of Topliss-reactive ketones (excluding diaryl/α,β-unsaturated/α-hetero) is 1. The molecule has 0 heterocycles. The van der Waals surface area contributed by atoms with Gasteiger partial charge in [-0.3, -0.25) is 4.79 Å². The molecule has 1 atom stereocenters. The maximum Gasteiger partial charge on any atom is 0.133 e. The Kier molecular flexibility index (Phi) is 6.21. The fourth-order valence-electron chi connectivity index (χ4n) is 1.07. The molecule has 0 spiro atoms. The molecule has 0 aromatic carbocycles. The van der Waals surface area contributed by atoms with Gasteiger partial charge < -0.3 is 0 Å². The Morgan fingerprint density at radius 3 is 2.54 bits per heavy atom. The molecule has 0 aromatic rings. The first kappa shape index (κ1) is 12.2. The van der Waals surface area contributed by atoms with Crippen molar-refractivity contribution in [3.8, 4) is 0 Å². The van der Waals surface area contributed by atoms with Crippen molar-refractivity contribution in [2.75, 3.05) is 0 Å². The normalized spacial score (nSPS) is 11.9. The average Bonchev–Trinajstić information content (AvgIpc) is 2.03. The monoisotopic (exact) mass is 180 g/mol. The van der Waals surface area contributed by atoms with Gasteiger partial charge in [0, 0.05) is 12.8 Å². The third-order valence-corrected chi connectivity index (χ3v) is 1.93. The van der Waals surface area contributed by atoms with Crippen LogP contribution in [0.15, 0.2) is 24.3 Å². The van der Waals surface area contributed by atoms with E-state index < -0.39 is 0 Å². The maximum absolute atomic E-state index is 11.3. The number of ketones is 1. The minimum absolute atomic E-state index is 0.319. The predicted molar refractivity (Wildman–Crippen MR) is 57.7 cm³/mol. The lowest BCUT2D eigenvalue weighted by Crippen LogP contribution is -2.02. The molecule has 13 heavy (non-hydrogen) atoms. The van der Waals surface area contributed by atoms with Crippen LogP contribution < -0.4 is 0 Å². The van der Waals surface area contributed by atoms with E-state index in [0.29, 0.717) is 24.5 Å². The van der Waals surface area contributed by atoms with Crippen LogP contribution in [-0.4, -0.2) is 5.78 Å². The van der Waals surface area contributed by atoms with E-state index in [9.17, 15) is 4.79 Å². The summed E-state index contributed by atoms with van der Waals surface area (Å²) < 4.78 is 0. The van der Waals surface area contributed by atoms with Crippen LogP contribution in [0.5, 0.6) is 0 Å². The number of hydrogen-bond acceptors (Lipinski definition) is 1. The van der Waals surface area contributed by atoms with Gasteiger partial charge in [-0.15, -0.1) is 6.58 Å². The topological polar surface area (TPSA) is 17.1 Å². The van der Waals surface area contributed by atoms with Crippen molar-refractivity contribution in [2.45, 2.75) is 40.0 Å². The second kappa shape index (κ2) is 6.64. The third kappa shape index (κ3) is 7.51. The molecule has 0 fully saturated rings. The molecule has 0 radical (unpaired) electrons. The molecule has 0 aliphatic rings. The first-order valence-corrected chi connectivity index (χ1v) is 4.84. The van der Waals surface area contributed by atoms with Crippen LogP contribution in [0.2, 0.25) is 0 Å². The quantitative estimate of drug-likeness (QED) is 0.572. The molecule has 0 bridgehead atoms. The van der Waals surface area contributed by atoms with Crippen molar-refractivity contribution in [2.24, 2.45) is 5.92 Å². The van der Waals surface area contributed by atoms with Crippen molar-refractivity contribution in [1.29, 1.82) is 0 Å². The molecular formula is C12H20O. The summed E-state index contributed by atoms with van der Waals surface area (Å²) in [7, 11) is 0. The molecule has 0 saturated carbocycles. The Hall–Kier alpha value is -0.850. The fourth-order valence-corrected chi connectivity index (χ4v) is 1.07. The van der Waals surface area contributed by atoms with Crippen LogP contribution in [0, 0.1) is 5.92 Å². The molecule has 1 heteroatoms. The van der Waals surface area contributed by atoms with Gasteiger partial charge in [0.2, 0.25) is 0 Å². The molecule has 0 saturated heterocycles. The lowest BCUT2D eigenvalue weighted by atomic mass is 10.0. The molecule has 0 aromatic heterocycles. The van der Waals surface area contributed by atoms with Gasteiger partial charge in [0.15, 0.2) is 0 Å². The van der Waals surface area contributed by atoms with E-state index in [1.807, 2.05) is 13.0 Å². The zero-order valence-corrected chi connectivity index (χ0v) is 8.97. The number of carbonyl (C=O) groups is 1. The number of hydrogen-bond donors (Lipinski definition) is 0. The summed E-state index contributed by atoms with van der Waals surface area (Å²) in [6.07, 6.45) is 6.13. The molecule has 74 valence electrons. The number of carbonyl (C=O) groups excluding carboxylic acids is 1. The standard InChI is InChI=1S/C12H20O/c1-5-11(4)9-12(13)8-6-7-10(2)3/h5,7,11H,1,6,8-9H2,2-4H3. The minimum Gasteiger partial charge on any atom is -0.300 e. The van der Waals surface area contributed by atoms with Crippen LogP contribution in [0.1, 0.15) is 40.0 Å². The van der Waals surface area contributed by atoms with Crippen LogP contribution in [0.3, 0.4) is 0 Å². The summed E-state index contributed by atoms with van der Waals surface area (Å²) in [5.41, 5.74) is 1.28. The molecule has 0 aliphatic heterocycles. The Labute approximate surface area is 81.5 Å². The van der Waals surface area contributed by atoms with Gasteiger partial charge in [-0.2, -0.15) is 0 Å². The Bertz CT molecular complexity index is 197. The highest BCUT2D eigenvalue weighted by molar-refractivity contribution is 5.78. The molecule has 1 nitrogen and oxygen atoms in total. The molecule has 1 unspecified atom stereocenters. The molecule has 0 rings (SSSR count). The summed E-state index contributed by atoms with van der Waals surface area (Å²) >= 11 is 0. The van der Waals surface area contributed by atoms with E-state index >= 15 is 0 Å². The van der Waals surface area contributed by atoms with Crippen LogP contribution in [-0.2, 0) is 4.79 Å². The van der Waals surface area contributed by atoms with Crippen molar-refractivity contribution in [3.05, 3.63) is 24.3 Å². The largest absolute Gasteiger partial charge is 0.300 e. The van der Waals surface area contributed by atoms with E-state index in [4.69, 9.17) is 0 Å². The van der Waals surface area contributed by atoms with Gasteiger partial charge in [-0.05, 0) is 26.2 Å². The smallest absolute Gasteiger partial charge is 0.133 e. The first-order chi connectivity index (χ1) is 6.06. The van der Waals surface area contributed by atoms with Crippen molar-refractivity contribution < 1.29 is 4.79 Å². The number of allylic oxidation sites excluding steroid dienone is 3. The number of rotatable bonds is 6. The second-order valence-corrected chi connectivity index (χ2v) is 3.78. The van der Waals surface area contributed by atoms with Crippen molar-refractivity contribution in [1.82, 2.24) is 0 Å². The second-order valence-electron chi connectivity index (χ2n) is 3.78. The molecule has 0 N–H and O–H groups in total. The van der Waals surface area contributed by atoms with Crippen molar-refractivity contribution >= 4 is 5.78 Å². The van der Waals surface area contributed by atoms with Crippen molar-refractivity contribution in [3.63, 3.8) is 0 Å².